The van der Waals surface area contributed by atoms with E-state index in [1.807, 2.05) is 30.3 Å². The van der Waals surface area contributed by atoms with Crippen LogP contribution in [0.15, 0.2) is 66.8 Å². The summed E-state index contributed by atoms with van der Waals surface area (Å²) in [5.74, 6) is -0.431. The summed E-state index contributed by atoms with van der Waals surface area (Å²) in [5, 5.41) is 3.32. The first-order chi connectivity index (χ1) is 25.7. The second-order valence-corrected chi connectivity index (χ2v) is 14.6. The molecule has 0 bridgehead atoms. The van der Waals surface area contributed by atoms with E-state index in [-0.39, 0.29) is 18.5 Å². The summed E-state index contributed by atoms with van der Waals surface area (Å²) in [6, 6.07) is 9.83. The zero-order chi connectivity index (χ0) is 37.4. The number of unbranched alkanes of at least 4 members (excludes halogenated alkanes) is 21. The fourth-order valence-corrected chi connectivity index (χ4v) is 6.20. The third-order valence-corrected chi connectivity index (χ3v) is 9.51. The van der Waals surface area contributed by atoms with E-state index in [2.05, 4.69) is 55.6 Å². The van der Waals surface area contributed by atoms with Gasteiger partial charge in [0.05, 0.1) is 6.54 Å². The predicted molar refractivity (Wildman–Crippen MR) is 224 cm³/mol. The summed E-state index contributed by atoms with van der Waals surface area (Å²) >= 11 is 0. The molecule has 0 aromatic heterocycles. The Morgan fingerprint density at radius 1 is 0.538 bits per heavy atom. The largest absolute Gasteiger partial charge is 0.462 e. The number of anilines is 1. The Morgan fingerprint density at radius 2 is 0.962 bits per heavy atom. The highest BCUT2D eigenvalue weighted by atomic mass is 16.6. The highest BCUT2D eigenvalue weighted by Gasteiger charge is 2.17. The van der Waals surface area contributed by atoms with Crippen LogP contribution in [0.3, 0.4) is 0 Å². The minimum Gasteiger partial charge on any atom is -0.462 e. The first-order valence-electron chi connectivity index (χ1n) is 21.7. The molecule has 0 aliphatic rings. The maximum absolute atomic E-state index is 12.7. The maximum atomic E-state index is 12.7. The van der Waals surface area contributed by atoms with Crippen molar-refractivity contribution >= 4 is 17.6 Å². The van der Waals surface area contributed by atoms with Crippen LogP contribution >= 0.6 is 0 Å². The Hall–Kier alpha value is -2.82. The SMILES string of the molecule is CCCCCC=CCC=CCCCCCCCC(=O)OCC(CNc1ccccc1)OC(=O)CCCCCCC=CCCCCCCCCCCC. The first-order valence-corrected chi connectivity index (χ1v) is 21.7. The Morgan fingerprint density at radius 3 is 1.50 bits per heavy atom. The van der Waals surface area contributed by atoms with Crippen molar-refractivity contribution in [3.8, 4) is 0 Å². The number of hydrogen-bond donors (Lipinski definition) is 1. The van der Waals surface area contributed by atoms with Crippen LogP contribution in [0.4, 0.5) is 5.69 Å². The second-order valence-electron chi connectivity index (χ2n) is 14.6. The van der Waals surface area contributed by atoms with Gasteiger partial charge >= 0.3 is 11.9 Å². The molecular formula is C47H79NO4. The fourth-order valence-electron chi connectivity index (χ4n) is 6.20. The number of ether oxygens (including phenoxy) is 2. The fraction of sp³-hybridized carbons (Fsp3) is 0.702. The van der Waals surface area contributed by atoms with Gasteiger partial charge in [0, 0.05) is 18.5 Å². The van der Waals surface area contributed by atoms with Crippen LogP contribution in [0.5, 0.6) is 0 Å². The van der Waals surface area contributed by atoms with E-state index in [0.717, 1.165) is 69.9 Å². The van der Waals surface area contributed by atoms with Gasteiger partial charge in [0.1, 0.15) is 6.61 Å². The summed E-state index contributed by atoms with van der Waals surface area (Å²) in [4.78, 5) is 25.2. The van der Waals surface area contributed by atoms with Crippen molar-refractivity contribution in [2.45, 2.75) is 200 Å². The van der Waals surface area contributed by atoms with Crippen LogP contribution in [0, 0.1) is 0 Å². The van der Waals surface area contributed by atoms with Crippen LogP contribution in [-0.2, 0) is 19.1 Å². The van der Waals surface area contributed by atoms with Crippen LogP contribution in [0.1, 0.15) is 194 Å². The molecule has 5 nitrogen and oxygen atoms in total. The van der Waals surface area contributed by atoms with Crippen molar-refractivity contribution in [2.24, 2.45) is 0 Å². The number of carbonyl (C=O) groups is 2. The van der Waals surface area contributed by atoms with E-state index in [1.165, 1.54) is 103 Å². The molecule has 1 unspecified atom stereocenters. The van der Waals surface area contributed by atoms with Crippen LogP contribution in [-0.4, -0.2) is 31.2 Å². The van der Waals surface area contributed by atoms with Gasteiger partial charge in [0.2, 0.25) is 0 Å². The monoisotopic (exact) mass is 722 g/mol. The first kappa shape index (κ1) is 47.2. The molecule has 1 N–H and O–H groups in total. The van der Waals surface area contributed by atoms with Gasteiger partial charge in [-0.15, -0.1) is 0 Å². The second kappa shape index (κ2) is 37.9. The number of nitrogens with one attached hydrogen (secondary N) is 1. The van der Waals surface area contributed by atoms with Crippen LogP contribution in [0.25, 0.3) is 0 Å². The van der Waals surface area contributed by atoms with Gasteiger partial charge in [0.25, 0.3) is 0 Å². The van der Waals surface area contributed by atoms with E-state index in [4.69, 9.17) is 9.47 Å². The molecule has 1 rings (SSSR count). The topological polar surface area (TPSA) is 64.6 Å². The molecule has 52 heavy (non-hydrogen) atoms. The normalized spacial score (nSPS) is 12.3. The Labute approximate surface area is 320 Å². The Kier molecular flexibility index (Phi) is 34.4. The molecule has 0 heterocycles. The third kappa shape index (κ3) is 33.0. The lowest BCUT2D eigenvalue weighted by Crippen LogP contribution is -2.31. The average Bonchev–Trinajstić information content (AvgIpc) is 3.16. The van der Waals surface area contributed by atoms with Crippen molar-refractivity contribution in [2.75, 3.05) is 18.5 Å². The van der Waals surface area contributed by atoms with E-state index >= 15 is 0 Å². The van der Waals surface area contributed by atoms with Gasteiger partial charge in [-0.25, -0.2) is 0 Å². The number of allylic oxidation sites excluding steroid dienone is 6. The van der Waals surface area contributed by atoms with Gasteiger partial charge in [0.15, 0.2) is 6.10 Å². The molecule has 1 aromatic rings. The molecule has 0 aliphatic carbocycles. The zero-order valence-electron chi connectivity index (χ0n) is 33.8. The van der Waals surface area contributed by atoms with Crippen molar-refractivity contribution in [1.29, 1.82) is 0 Å². The van der Waals surface area contributed by atoms with Gasteiger partial charge < -0.3 is 14.8 Å². The number of rotatable bonds is 37. The lowest BCUT2D eigenvalue weighted by atomic mass is 10.1. The number of hydrogen-bond acceptors (Lipinski definition) is 5. The van der Waals surface area contributed by atoms with Crippen molar-refractivity contribution in [3.63, 3.8) is 0 Å². The molecule has 296 valence electrons. The molecule has 0 fully saturated rings. The molecule has 0 saturated carbocycles. The molecule has 0 saturated heterocycles. The van der Waals surface area contributed by atoms with Crippen molar-refractivity contribution in [3.05, 3.63) is 66.8 Å². The van der Waals surface area contributed by atoms with Gasteiger partial charge in [-0.05, 0) is 82.8 Å². The number of benzene rings is 1. The molecule has 5 heteroatoms. The number of para-hydroxylation sites is 1. The third-order valence-electron chi connectivity index (χ3n) is 9.51. The predicted octanol–water partition coefficient (Wildman–Crippen LogP) is 14.2. The lowest BCUT2D eigenvalue weighted by molar-refractivity contribution is -0.158. The lowest BCUT2D eigenvalue weighted by Gasteiger charge is -2.19. The number of esters is 2. The van der Waals surface area contributed by atoms with Crippen LogP contribution in [0.2, 0.25) is 0 Å². The van der Waals surface area contributed by atoms with E-state index in [0.29, 0.717) is 19.4 Å². The molecule has 1 atom stereocenters. The molecule has 1 aromatic carbocycles. The molecule has 0 radical (unpaired) electrons. The summed E-state index contributed by atoms with van der Waals surface area (Å²) in [6.45, 7) is 5.00. The summed E-state index contributed by atoms with van der Waals surface area (Å²) < 4.78 is 11.4. The van der Waals surface area contributed by atoms with E-state index in [9.17, 15) is 9.59 Å². The zero-order valence-corrected chi connectivity index (χ0v) is 33.8. The highest BCUT2D eigenvalue weighted by molar-refractivity contribution is 5.70. The standard InChI is InChI=1S/C47H79NO4/c1-3-5-7-9-11-13-15-17-19-20-22-24-26-28-30-32-37-41-47(50)52-45(42-48-44-38-34-33-35-39-44)43-51-46(49)40-36-31-29-27-25-23-21-18-16-14-12-10-8-6-4-2/h12,14,18,21-22,24,33-35,38-39,45,48H,3-11,13,15-17,19-20,23,25-32,36-37,40-43H2,1-2H3. The van der Waals surface area contributed by atoms with Crippen LogP contribution < -0.4 is 5.32 Å². The minimum atomic E-state index is -0.516. The number of carbonyl (C=O) groups excluding carboxylic acids is 2. The minimum absolute atomic E-state index is 0.0794. The Balaban J connectivity index is 2.15. The molecule has 0 amide bonds. The molecule has 0 aliphatic heterocycles. The van der Waals surface area contributed by atoms with E-state index < -0.39 is 6.10 Å². The van der Waals surface area contributed by atoms with Crippen molar-refractivity contribution < 1.29 is 19.1 Å². The van der Waals surface area contributed by atoms with Gasteiger partial charge in [-0.1, -0.05) is 165 Å². The average molecular weight is 722 g/mol. The van der Waals surface area contributed by atoms with Gasteiger partial charge in [-0.2, -0.15) is 0 Å². The van der Waals surface area contributed by atoms with E-state index in [1.54, 1.807) is 0 Å². The summed E-state index contributed by atoms with van der Waals surface area (Å²) in [7, 11) is 0. The van der Waals surface area contributed by atoms with Crippen molar-refractivity contribution in [1.82, 2.24) is 0 Å². The quantitative estimate of drug-likeness (QED) is 0.0421. The Bertz CT molecular complexity index is 1020. The summed E-state index contributed by atoms with van der Waals surface area (Å²) in [6.07, 6.45) is 45.6. The molecule has 0 spiro atoms. The highest BCUT2D eigenvalue weighted by Crippen LogP contribution is 2.13. The smallest absolute Gasteiger partial charge is 0.306 e. The molecular weight excluding hydrogens is 643 g/mol. The summed E-state index contributed by atoms with van der Waals surface area (Å²) in [5.41, 5.74) is 0.947. The maximum Gasteiger partial charge on any atom is 0.306 e. The van der Waals surface area contributed by atoms with Gasteiger partial charge in [-0.3, -0.25) is 9.59 Å².